The fraction of sp³-hybridized carbons (Fsp3) is 0.300. The Balaban J connectivity index is 3.40. The minimum Gasteiger partial charge on any atom is -0.279 e. The Morgan fingerprint density at radius 2 is 1.89 bits per heavy atom. The van der Waals surface area contributed by atoms with Gasteiger partial charge in [0.2, 0.25) is 15.3 Å². The molecule has 1 unspecified atom stereocenters. The lowest BCUT2D eigenvalue weighted by Crippen LogP contribution is -2.41. The van der Waals surface area contributed by atoms with Gasteiger partial charge in [-0.2, -0.15) is 0 Å². The van der Waals surface area contributed by atoms with Crippen molar-refractivity contribution in [3.8, 4) is 0 Å². The van der Waals surface area contributed by atoms with Crippen LogP contribution in [0.4, 0.5) is 5.69 Å². The molecule has 0 fully saturated rings. The SMILES string of the molecule is CC(C(=O)Cl)N(c1ccc(Cl)cc1Cl)S(C)(=O)=O. The predicted octanol–water partition coefficient (Wildman–Crippen LogP) is 2.91. The van der Waals surface area contributed by atoms with E-state index in [1.807, 2.05) is 0 Å². The van der Waals surface area contributed by atoms with Crippen molar-refractivity contribution in [1.29, 1.82) is 0 Å². The summed E-state index contributed by atoms with van der Waals surface area (Å²) in [7, 11) is -3.70. The van der Waals surface area contributed by atoms with Crippen LogP contribution in [0.1, 0.15) is 6.92 Å². The van der Waals surface area contributed by atoms with Crippen molar-refractivity contribution in [3.05, 3.63) is 28.2 Å². The second kappa shape index (κ2) is 5.65. The fourth-order valence-electron chi connectivity index (χ4n) is 1.43. The van der Waals surface area contributed by atoms with Gasteiger partial charge in [-0.25, -0.2) is 8.42 Å². The Bertz CT molecular complexity index is 574. The number of hydrogen-bond donors (Lipinski definition) is 0. The first kappa shape index (κ1) is 15.6. The molecule has 0 N–H and O–H groups in total. The molecule has 0 saturated heterocycles. The van der Waals surface area contributed by atoms with Crippen molar-refractivity contribution < 1.29 is 13.2 Å². The molecular weight excluding hydrogens is 321 g/mol. The quantitative estimate of drug-likeness (QED) is 0.798. The molecule has 0 aromatic heterocycles. The van der Waals surface area contributed by atoms with E-state index in [1.165, 1.54) is 25.1 Å². The van der Waals surface area contributed by atoms with Crippen molar-refractivity contribution >= 4 is 55.8 Å². The van der Waals surface area contributed by atoms with E-state index < -0.39 is 21.3 Å². The Morgan fingerprint density at radius 1 is 1.33 bits per heavy atom. The van der Waals surface area contributed by atoms with Crippen LogP contribution >= 0.6 is 34.8 Å². The van der Waals surface area contributed by atoms with Gasteiger partial charge in [0.25, 0.3) is 0 Å². The molecule has 1 rings (SSSR count). The number of sulfonamides is 1. The Hall–Kier alpha value is -0.490. The molecule has 1 atom stereocenters. The number of carbonyl (C=O) groups excluding carboxylic acids is 1. The van der Waals surface area contributed by atoms with Crippen LogP contribution < -0.4 is 4.31 Å². The summed E-state index contributed by atoms with van der Waals surface area (Å²) < 4.78 is 24.3. The average molecular weight is 331 g/mol. The Kier molecular flexibility index (Phi) is 4.89. The number of nitrogens with zero attached hydrogens (tertiary/aromatic N) is 1. The van der Waals surface area contributed by atoms with Crippen LogP contribution in [-0.4, -0.2) is 26.0 Å². The van der Waals surface area contributed by atoms with E-state index in [2.05, 4.69) is 0 Å². The average Bonchev–Trinajstić information content (AvgIpc) is 2.19. The lowest BCUT2D eigenvalue weighted by atomic mass is 10.3. The number of benzene rings is 1. The van der Waals surface area contributed by atoms with Gasteiger partial charge in [0, 0.05) is 5.02 Å². The summed E-state index contributed by atoms with van der Waals surface area (Å²) in [6.07, 6.45) is 0.967. The summed E-state index contributed by atoms with van der Waals surface area (Å²) in [5.74, 6) is 0. The van der Waals surface area contributed by atoms with Crippen molar-refractivity contribution in [1.82, 2.24) is 0 Å². The van der Waals surface area contributed by atoms with E-state index in [0.717, 1.165) is 10.6 Å². The van der Waals surface area contributed by atoms with Crippen molar-refractivity contribution in [2.75, 3.05) is 10.6 Å². The Morgan fingerprint density at radius 3 is 2.28 bits per heavy atom. The molecule has 0 radical (unpaired) electrons. The fourth-order valence-corrected chi connectivity index (χ4v) is 3.32. The molecule has 0 aliphatic carbocycles. The van der Waals surface area contributed by atoms with E-state index in [1.54, 1.807) is 0 Å². The number of anilines is 1. The molecule has 0 heterocycles. The zero-order valence-corrected chi connectivity index (χ0v) is 12.6. The zero-order chi connectivity index (χ0) is 14.1. The highest BCUT2D eigenvalue weighted by atomic mass is 35.5. The molecule has 0 saturated carbocycles. The number of halogens is 3. The molecular formula is C10H10Cl3NO3S. The monoisotopic (exact) mass is 329 g/mol. The summed E-state index contributed by atoms with van der Waals surface area (Å²) in [6.45, 7) is 1.38. The third kappa shape index (κ3) is 3.51. The van der Waals surface area contributed by atoms with Crippen molar-refractivity contribution in [2.24, 2.45) is 0 Å². The number of hydrogen-bond acceptors (Lipinski definition) is 3. The lowest BCUT2D eigenvalue weighted by Gasteiger charge is -2.27. The van der Waals surface area contributed by atoms with Gasteiger partial charge in [-0.15, -0.1) is 0 Å². The van der Waals surface area contributed by atoms with Crippen molar-refractivity contribution in [3.63, 3.8) is 0 Å². The van der Waals surface area contributed by atoms with Crippen molar-refractivity contribution in [2.45, 2.75) is 13.0 Å². The summed E-state index contributed by atoms with van der Waals surface area (Å²) in [4.78, 5) is 11.2. The predicted molar refractivity (Wildman–Crippen MR) is 74.1 cm³/mol. The van der Waals surface area contributed by atoms with E-state index in [-0.39, 0.29) is 10.7 Å². The van der Waals surface area contributed by atoms with Gasteiger partial charge in [0.05, 0.1) is 17.0 Å². The van der Waals surface area contributed by atoms with Crippen LogP contribution in [0.2, 0.25) is 10.0 Å². The van der Waals surface area contributed by atoms with E-state index >= 15 is 0 Å². The van der Waals surface area contributed by atoms with Gasteiger partial charge >= 0.3 is 0 Å². The van der Waals surface area contributed by atoms with Crippen LogP contribution in [0.25, 0.3) is 0 Å². The first-order chi connectivity index (χ1) is 8.14. The number of rotatable bonds is 4. The second-order valence-corrected chi connectivity index (χ2v) is 6.71. The maximum atomic E-state index is 11.7. The molecule has 4 nitrogen and oxygen atoms in total. The molecule has 0 bridgehead atoms. The standard InChI is InChI=1S/C10H10Cl3NO3S/c1-6(10(13)15)14(18(2,16)17)9-4-3-7(11)5-8(9)12/h3-6H,1-2H3. The molecule has 100 valence electrons. The van der Waals surface area contributed by atoms with E-state index in [4.69, 9.17) is 34.8 Å². The van der Waals surface area contributed by atoms with Crippen LogP contribution in [0, 0.1) is 0 Å². The van der Waals surface area contributed by atoms with Crippen LogP contribution in [0.5, 0.6) is 0 Å². The number of carbonyl (C=O) groups is 1. The summed E-state index contributed by atoms with van der Waals surface area (Å²) >= 11 is 17.0. The molecule has 1 aromatic carbocycles. The van der Waals surface area contributed by atoms with E-state index in [9.17, 15) is 13.2 Å². The lowest BCUT2D eigenvalue weighted by molar-refractivity contribution is -0.112. The van der Waals surface area contributed by atoms with Gasteiger partial charge in [-0.05, 0) is 36.7 Å². The highest BCUT2D eigenvalue weighted by molar-refractivity contribution is 7.92. The van der Waals surface area contributed by atoms with Gasteiger partial charge in [-0.3, -0.25) is 9.10 Å². The van der Waals surface area contributed by atoms with Gasteiger partial charge in [-0.1, -0.05) is 23.2 Å². The maximum Gasteiger partial charge on any atom is 0.245 e. The summed E-state index contributed by atoms with van der Waals surface area (Å²) in [6, 6.07) is 3.23. The van der Waals surface area contributed by atoms with Gasteiger partial charge in [0.15, 0.2) is 0 Å². The highest BCUT2D eigenvalue weighted by Crippen LogP contribution is 2.32. The molecule has 18 heavy (non-hydrogen) atoms. The van der Waals surface area contributed by atoms with Crippen LogP contribution in [-0.2, 0) is 14.8 Å². The largest absolute Gasteiger partial charge is 0.279 e. The molecule has 1 aromatic rings. The zero-order valence-electron chi connectivity index (χ0n) is 9.52. The van der Waals surface area contributed by atoms with Gasteiger partial charge < -0.3 is 0 Å². The second-order valence-electron chi connectivity index (χ2n) is 3.63. The molecule has 0 aliphatic heterocycles. The smallest absolute Gasteiger partial charge is 0.245 e. The molecule has 0 spiro atoms. The summed E-state index contributed by atoms with van der Waals surface area (Å²) in [5, 5.41) is -0.314. The highest BCUT2D eigenvalue weighted by Gasteiger charge is 2.29. The summed E-state index contributed by atoms with van der Waals surface area (Å²) in [5.41, 5.74) is 0.157. The first-order valence-electron chi connectivity index (χ1n) is 4.78. The van der Waals surface area contributed by atoms with E-state index in [0.29, 0.717) is 5.02 Å². The third-order valence-electron chi connectivity index (χ3n) is 2.18. The Labute approximate surface area is 120 Å². The van der Waals surface area contributed by atoms with Gasteiger partial charge in [0.1, 0.15) is 6.04 Å². The minimum atomic E-state index is -3.70. The minimum absolute atomic E-state index is 0.123. The molecule has 8 heteroatoms. The van der Waals surface area contributed by atoms with Crippen LogP contribution in [0.3, 0.4) is 0 Å². The normalized spacial score (nSPS) is 13.2. The third-order valence-corrected chi connectivity index (χ3v) is 4.27. The molecule has 0 amide bonds. The molecule has 0 aliphatic rings. The topological polar surface area (TPSA) is 54.5 Å². The van der Waals surface area contributed by atoms with Crippen LogP contribution in [0.15, 0.2) is 18.2 Å². The first-order valence-corrected chi connectivity index (χ1v) is 7.76. The maximum absolute atomic E-state index is 11.7.